The van der Waals surface area contributed by atoms with Crippen molar-refractivity contribution in [2.45, 2.75) is 0 Å². The smallest absolute Gasteiger partial charge is 0.199 e. The summed E-state index contributed by atoms with van der Waals surface area (Å²) in [5.41, 5.74) is 5.65. The molecule has 0 radical (unpaired) electrons. The van der Waals surface area contributed by atoms with Crippen LogP contribution in [0.5, 0.6) is 5.75 Å². The minimum Gasteiger partial charge on any atom is -0.508 e. The highest BCUT2D eigenvalue weighted by atomic mass is 16.3. The van der Waals surface area contributed by atoms with Gasteiger partial charge in [0.15, 0.2) is 5.71 Å². The van der Waals surface area contributed by atoms with E-state index in [9.17, 15) is 5.11 Å². The largest absolute Gasteiger partial charge is 0.508 e. The number of phenolic OH excluding ortho intramolecular Hbond substituents is 1. The number of allylic oxidation sites excluding steroid dienone is 5. The van der Waals surface area contributed by atoms with Crippen LogP contribution in [0.15, 0.2) is 78.4 Å². The van der Waals surface area contributed by atoms with Gasteiger partial charge in [0.25, 0.3) is 0 Å². The van der Waals surface area contributed by atoms with Gasteiger partial charge < -0.3 is 5.11 Å². The molecule has 2 nitrogen and oxygen atoms in total. The third-order valence-corrected chi connectivity index (χ3v) is 3.83. The first kappa shape index (κ1) is 15.0. The van der Waals surface area contributed by atoms with Gasteiger partial charge in [-0.25, -0.2) is 4.58 Å². The molecule has 2 aromatic rings. The maximum Gasteiger partial charge on any atom is 0.199 e. The molecule has 0 unspecified atom stereocenters. The molecule has 1 aliphatic carbocycles. The molecular formula is C21H20NO+. The molecule has 0 saturated carbocycles. The summed E-state index contributed by atoms with van der Waals surface area (Å²) in [5, 5.41) is 9.58. The first-order valence-electron chi connectivity index (χ1n) is 7.63. The van der Waals surface area contributed by atoms with Crippen LogP contribution in [0.4, 0.5) is 0 Å². The lowest BCUT2D eigenvalue weighted by molar-refractivity contribution is -0.462. The predicted octanol–water partition coefficient (Wildman–Crippen LogP) is 4.28. The fraction of sp³-hybridized carbons (Fsp3) is 0.0952. The highest BCUT2D eigenvalue weighted by Crippen LogP contribution is 2.24. The van der Waals surface area contributed by atoms with Gasteiger partial charge in [-0.15, -0.1) is 0 Å². The van der Waals surface area contributed by atoms with Gasteiger partial charge >= 0.3 is 0 Å². The van der Waals surface area contributed by atoms with E-state index in [-0.39, 0.29) is 0 Å². The minimum absolute atomic E-state index is 0.291. The van der Waals surface area contributed by atoms with Crippen LogP contribution in [0, 0.1) is 0 Å². The van der Waals surface area contributed by atoms with Crippen molar-refractivity contribution in [3.8, 4) is 16.9 Å². The van der Waals surface area contributed by atoms with E-state index in [2.05, 4.69) is 59.2 Å². The average molecular weight is 302 g/mol. The number of phenols is 1. The zero-order valence-corrected chi connectivity index (χ0v) is 13.4. The molecular weight excluding hydrogens is 282 g/mol. The molecule has 1 N–H and O–H groups in total. The third kappa shape index (κ3) is 3.67. The first-order chi connectivity index (χ1) is 11.1. The summed E-state index contributed by atoms with van der Waals surface area (Å²) in [6.07, 6.45) is 10.6. The summed E-state index contributed by atoms with van der Waals surface area (Å²) in [6, 6.07) is 15.7. The molecule has 23 heavy (non-hydrogen) atoms. The maximum absolute atomic E-state index is 9.58. The van der Waals surface area contributed by atoms with E-state index >= 15 is 0 Å². The van der Waals surface area contributed by atoms with E-state index in [1.54, 1.807) is 12.1 Å². The molecule has 2 aromatic carbocycles. The SMILES string of the molecule is C[N+](C)=C1C=CC(=Cc2ccc(-c3cccc(O)c3)cc2)C=C1. The van der Waals surface area contributed by atoms with Gasteiger partial charge in [0.05, 0.1) is 0 Å². The van der Waals surface area contributed by atoms with Gasteiger partial charge in [0, 0.05) is 12.2 Å². The van der Waals surface area contributed by atoms with Crippen molar-refractivity contribution < 1.29 is 9.68 Å². The fourth-order valence-corrected chi connectivity index (χ4v) is 2.52. The van der Waals surface area contributed by atoms with Crippen LogP contribution in [0.25, 0.3) is 17.2 Å². The van der Waals surface area contributed by atoms with Crippen LogP contribution in [0.2, 0.25) is 0 Å². The van der Waals surface area contributed by atoms with E-state index in [0.717, 1.165) is 16.7 Å². The van der Waals surface area contributed by atoms with Gasteiger partial charge in [-0.3, -0.25) is 0 Å². The van der Waals surface area contributed by atoms with Crippen molar-refractivity contribution >= 4 is 11.8 Å². The Morgan fingerprint density at radius 3 is 2.13 bits per heavy atom. The third-order valence-electron chi connectivity index (χ3n) is 3.83. The Hall–Kier alpha value is -2.87. The van der Waals surface area contributed by atoms with E-state index < -0.39 is 0 Å². The summed E-state index contributed by atoms with van der Waals surface area (Å²) in [6.45, 7) is 0. The summed E-state index contributed by atoms with van der Waals surface area (Å²) in [4.78, 5) is 0. The second-order valence-electron chi connectivity index (χ2n) is 5.80. The normalized spacial score (nSPS) is 13.3. The lowest BCUT2D eigenvalue weighted by atomic mass is 10.0. The molecule has 2 heteroatoms. The van der Waals surface area contributed by atoms with Gasteiger partial charge in [-0.05, 0) is 52.6 Å². The molecule has 0 fully saturated rings. The second kappa shape index (κ2) is 6.49. The standard InChI is InChI=1S/C21H19NO/c1-22(2)20-12-8-17(9-13-20)14-16-6-10-18(11-7-16)19-4-3-5-21(23)15-19/h3-15H,1-2H3/p+1. The van der Waals surface area contributed by atoms with Crippen molar-refractivity contribution in [1.29, 1.82) is 0 Å². The van der Waals surface area contributed by atoms with Crippen LogP contribution in [0.1, 0.15) is 5.56 Å². The van der Waals surface area contributed by atoms with E-state index in [1.807, 2.05) is 26.2 Å². The minimum atomic E-state index is 0.291. The van der Waals surface area contributed by atoms with Crippen LogP contribution in [-0.4, -0.2) is 29.5 Å². The van der Waals surface area contributed by atoms with Gasteiger partial charge in [0.1, 0.15) is 19.8 Å². The van der Waals surface area contributed by atoms with E-state index in [1.165, 1.54) is 11.3 Å². The Morgan fingerprint density at radius 1 is 0.826 bits per heavy atom. The highest BCUT2D eigenvalue weighted by Gasteiger charge is 2.04. The van der Waals surface area contributed by atoms with Crippen LogP contribution < -0.4 is 0 Å². The molecule has 0 atom stereocenters. The van der Waals surface area contributed by atoms with E-state index in [4.69, 9.17) is 0 Å². The number of hydrogen-bond acceptors (Lipinski definition) is 1. The fourth-order valence-electron chi connectivity index (χ4n) is 2.52. The molecule has 0 spiro atoms. The number of nitrogens with zero attached hydrogens (tertiary/aromatic N) is 1. The molecule has 1 aliphatic rings. The molecule has 3 rings (SSSR count). The second-order valence-corrected chi connectivity index (χ2v) is 5.80. The summed E-state index contributed by atoms with van der Waals surface area (Å²) < 4.78 is 2.09. The molecule has 0 bridgehead atoms. The number of hydrogen-bond donors (Lipinski definition) is 1. The summed E-state index contributed by atoms with van der Waals surface area (Å²) in [5.74, 6) is 0.291. The quantitative estimate of drug-likeness (QED) is 0.822. The van der Waals surface area contributed by atoms with Crippen molar-refractivity contribution in [1.82, 2.24) is 0 Å². The van der Waals surface area contributed by atoms with E-state index in [0.29, 0.717) is 5.75 Å². The first-order valence-corrected chi connectivity index (χ1v) is 7.63. The van der Waals surface area contributed by atoms with Crippen molar-refractivity contribution in [2.75, 3.05) is 14.1 Å². The molecule has 114 valence electrons. The number of rotatable bonds is 2. The van der Waals surface area contributed by atoms with Gasteiger partial charge in [-0.2, -0.15) is 0 Å². The Balaban J connectivity index is 1.81. The molecule has 0 aromatic heterocycles. The summed E-state index contributed by atoms with van der Waals surface area (Å²) >= 11 is 0. The Bertz CT molecular complexity index is 814. The zero-order valence-electron chi connectivity index (χ0n) is 13.4. The Kier molecular flexibility index (Phi) is 4.24. The van der Waals surface area contributed by atoms with Crippen LogP contribution in [-0.2, 0) is 0 Å². The Labute approximate surface area is 137 Å². The van der Waals surface area contributed by atoms with Crippen molar-refractivity contribution in [2.24, 2.45) is 0 Å². The van der Waals surface area contributed by atoms with Crippen molar-refractivity contribution in [3.05, 3.63) is 84.0 Å². The lowest BCUT2D eigenvalue weighted by Gasteiger charge is -2.05. The highest BCUT2D eigenvalue weighted by molar-refractivity contribution is 6.02. The van der Waals surface area contributed by atoms with Crippen LogP contribution >= 0.6 is 0 Å². The zero-order chi connectivity index (χ0) is 16.2. The monoisotopic (exact) mass is 302 g/mol. The lowest BCUT2D eigenvalue weighted by Crippen LogP contribution is -2.09. The Morgan fingerprint density at radius 2 is 1.52 bits per heavy atom. The molecule has 0 saturated heterocycles. The van der Waals surface area contributed by atoms with Gasteiger partial charge in [0.2, 0.25) is 0 Å². The molecule has 0 aliphatic heterocycles. The topological polar surface area (TPSA) is 23.2 Å². The summed E-state index contributed by atoms with van der Waals surface area (Å²) in [7, 11) is 4.08. The predicted molar refractivity (Wildman–Crippen MR) is 96.9 cm³/mol. The molecule has 0 amide bonds. The maximum atomic E-state index is 9.58. The van der Waals surface area contributed by atoms with Crippen LogP contribution in [0.3, 0.4) is 0 Å². The van der Waals surface area contributed by atoms with Crippen molar-refractivity contribution in [3.63, 3.8) is 0 Å². The molecule has 0 heterocycles. The number of aromatic hydroxyl groups is 1. The average Bonchev–Trinajstić information content (AvgIpc) is 2.56. The number of benzene rings is 2. The van der Waals surface area contributed by atoms with Gasteiger partial charge in [-0.1, -0.05) is 36.4 Å².